The number of carbonyl (C=O) groups is 1. The lowest BCUT2D eigenvalue weighted by Gasteiger charge is -2.26. The van der Waals surface area contributed by atoms with E-state index in [0.717, 1.165) is 0 Å². The average molecular weight is 272 g/mol. The van der Waals surface area contributed by atoms with E-state index in [1.807, 2.05) is 13.8 Å². The van der Waals surface area contributed by atoms with E-state index < -0.39 is 11.7 Å². The minimum absolute atomic E-state index is 0.442. The van der Waals surface area contributed by atoms with Crippen LogP contribution in [-0.4, -0.2) is 32.8 Å². The summed E-state index contributed by atoms with van der Waals surface area (Å²) in [5.74, 6) is 0.635. The van der Waals surface area contributed by atoms with Crippen LogP contribution >= 0.6 is 0 Å². The Bertz CT molecular complexity index is 534. The third-order valence-electron chi connectivity index (χ3n) is 2.51. The predicted molar refractivity (Wildman–Crippen MR) is 74.9 cm³/mol. The van der Waals surface area contributed by atoms with Crippen LogP contribution in [0.15, 0.2) is 48.1 Å². The van der Waals surface area contributed by atoms with Crippen LogP contribution in [0, 0.1) is 0 Å². The topological polar surface area (TPSA) is 67.7 Å². The van der Waals surface area contributed by atoms with Crippen molar-refractivity contribution < 1.29 is 9.53 Å². The summed E-state index contributed by atoms with van der Waals surface area (Å²) in [6.45, 7) is 3.64. The quantitative estimate of drug-likeness (QED) is 0.846. The molecular formula is C14H16N4O2. The van der Waals surface area contributed by atoms with Gasteiger partial charge in [-0.15, -0.1) is 0 Å². The zero-order chi connectivity index (χ0) is 14.4. The fourth-order valence-corrected chi connectivity index (χ4v) is 1.64. The summed E-state index contributed by atoms with van der Waals surface area (Å²) in [5, 5.41) is 0. The summed E-state index contributed by atoms with van der Waals surface area (Å²) in [5.41, 5.74) is -0.701. The summed E-state index contributed by atoms with van der Waals surface area (Å²) in [6, 6.07) is 1.75. The average Bonchev–Trinajstić information content (AvgIpc) is 2.67. The van der Waals surface area contributed by atoms with Gasteiger partial charge in [0.25, 0.3) is 0 Å². The molecule has 0 bridgehead atoms. The number of carbonyl (C=O) groups excluding carboxylic acids is 1. The van der Waals surface area contributed by atoms with E-state index in [2.05, 4.69) is 15.0 Å². The number of rotatable bonds is 3. The summed E-state index contributed by atoms with van der Waals surface area (Å²) in [4.78, 5) is 25.6. The van der Waals surface area contributed by atoms with Crippen molar-refractivity contribution in [1.82, 2.24) is 14.9 Å². The van der Waals surface area contributed by atoms with E-state index in [1.165, 1.54) is 17.3 Å². The van der Waals surface area contributed by atoms with E-state index >= 15 is 0 Å². The second kappa shape index (κ2) is 6.10. The maximum Gasteiger partial charge on any atom is 0.418 e. The second-order valence-electron chi connectivity index (χ2n) is 4.81. The molecule has 0 aliphatic carbocycles. The molecule has 0 fully saturated rings. The van der Waals surface area contributed by atoms with Crippen molar-refractivity contribution in [3.63, 3.8) is 0 Å². The van der Waals surface area contributed by atoms with Crippen LogP contribution in [0.4, 0.5) is 4.79 Å². The van der Waals surface area contributed by atoms with Crippen LogP contribution in [0.3, 0.4) is 0 Å². The SMILES string of the molecule is CC(C)(Cc1ncccn1)OC(=O)N1C=CC=NC=C1. The van der Waals surface area contributed by atoms with Gasteiger partial charge >= 0.3 is 6.09 Å². The van der Waals surface area contributed by atoms with Gasteiger partial charge in [-0.2, -0.15) is 0 Å². The smallest absolute Gasteiger partial charge is 0.418 e. The minimum atomic E-state index is -0.701. The molecular weight excluding hydrogens is 256 g/mol. The van der Waals surface area contributed by atoms with Gasteiger partial charge in [-0.25, -0.2) is 14.8 Å². The molecule has 1 aromatic rings. The predicted octanol–water partition coefficient (Wildman–Crippen LogP) is 2.31. The summed E-state index contributed by atoms with van der Waals surface area (Å²) in [7, 11) is 0. The molecule has 1 aromatic heterocycles. The third-order valence-corrected chi connectivity index (χ3v) is 2.51. The maximum atomic E-state index is 12.1. The molecule has 0 spiro atoms. The highest BCUT2D eigenvalue weighted by Gasteiger charge is 2.26. The third kappa shape index (κ3) is 4.01. The Balaban J connectivity index is 1.99. The molecule has 2 rings (SSSR count). The van der Waals surface area contributed by atoms with Crippen LogP contribution in [0.2, 0.25) is 0 Å². The first kappa shape index (κ1) is 13.9. The van der Waals surface area contributed by atoms with E-state index in [9.17, 15) is 4.79 Å². The van der Waals surface area contributed by atoms with Crippen LogP contribution in [0.1, 0.15) is 19.7 Å². The second-order valence-corrected chi connectivity index (χ2v) is 4.81. The van der Waals surface area contributed by atoms with Crippen molar-refractivity contribution in [3.05, 3.63) is 49.0 Å². The van der Waals surface area contributed by atoms with Gasteiger partial charge in [0.2, 0.25) is 0 Å². The van der Waals surface area contributed by atoms with Crippen molar-refractivity contribution in [1.29, 1.82) is 0 Å². The largest absolute Gasteiger partial charge is 0.442 e. The number of ether oxygens (including phenoxy) is 1. The first-order valence-electron chi connectivity index (χ1n) is 6.21. The molecule has 104 valence electrons. The van der Waals surface area contributed by atoms with Crippen LogP contribution in [0.25, 0.3) is 0 Å². The molecule has 0 aromatic carbocycles. The Hall–Kier alpha value is -2.50. The Labute approximate surface area is 117 Å². The van der Waals surface area contributed by atoms with Gasteiger partial charge in [-0.05, 0) is 26.0 Å². The monoisotopic (exact) mass is 272 g/mol. The molecule has 6 nitrogen and oxygen atoms in total. The zero-order valence-electron chi connectivity index (χ0n) is 11.4. The van der Waals surface area contributed by atoms with Crippen molar-refractivity contribution >= 4 is 12.3 Å². The van der Waals surface area contributed by atoms with Gasteiger partial charge in [-0.1, -0.05) is 0 Å². The number of amides is 1. The molecule has 0 atom stereocenters. The van der Waals surface area contributed by atoms with Gasteiger partial charge in [0.15, 0.2) is 0 Å². The van der Waals surface area contributed by atoms with Crippen LogP contribution in [-0.2, 0) is 11.2 Å². The van der Waals surface area contributed by atoms with Gasteiger partial charge < -0.3 is 4.74 Å². The lowest BCUT2D eigenvalue weighted by atomic mass is 10.1. The molecule has 1 aliphatic rings. The van der Waals surface area contributed by atoms with Crippen LogP contribution in [0.5, 0.6) is 0 Å². The number of allylic oxidation sites excluding steroid dienone is 1. The van der Waals surface area contributed by atoms with E-state index in [0.29, 0.717) is 12.2 Å². The summed E-state index contributed by atoms with van der Waals surface area (Å²) in [6.07, 6.45) is 11.2. The number of aliphatic imine (C=N–C) groups is 1. The van der Waals surface area contributed by atoms with E-state index in [1.54, 1.807) is 37.0 Å². The molecule has 0 saturated heterocycles. The summed E-state index contributed by atoms with van der Waals surface area (Å²) < 4.78 is 5.49. The molecule has 0 saturated carbocycles. The Kier molecular flexibility index (Phi) is 4.24. The molecule has 1 amide bonds. The minimum Gasteiger partial charge on any atom is -0.442 e. The molecule has 0 N–H and O–H groups in total. The highest BCUT2D eigenvalue weighted by atomic mass is 16.6. The van der Waals surface area contributed by atoms with Gasteiger partial charge in [-0.3, -0.25) is 9.89 Å². The maximum absolute atomic E-state index is 12.1. The van der Waals surface area contributed by atoms with Gasteiger partial charge in [0, 0.05) is 43.6 Å². The number of nitrogens with zero attached hydrogens (tertiary/aromatic N) is 4. The Morgan fingerprint density at radius 1 is 1.30 bits per heavy atom. The molecule has 1 aliphatic heterocycles. The zero-order valence-corrected chi connectivity index (χ0v) is 11.4. The number of hydrogen-bond donors (Lipinski definition) is 0. The first-order valence-corrected chi connectivity index (χ1v) is 6.21. The molecule has 0 unspecified atom stereocenters. The van der Waals surface area contributed by atoms with Crippen molar-refractivity contribution in [3.8, 4) is 0 Å². The molecule has 20 heavy (non-hydrogen) atoms. The lowest BCUT2D eigenvalue weighted by Crippen LogP contribution is -2.35. The lowest BCUT2D eigenvalue weighted by molar-refractivity contribution is 0.0263. The fourth-order valence-electron chi connectivity index (χ4n) is 1.64. The standard InChI is InChI=1S/C14H16N4O2/c1-14(2,11-12-16-6-3-7-17-12)20-13(19)18-9-4-5-15-8-10-18/h3-10H,11H2,1-2H3. The van der Waals surface area contributed by atoms with E-state index in [4.69, 9.17) is 4.74 Å². The van der Waals surface area contributed by atoms with E-state index in [-0.39, 0.29) is 0 Å². The van der Waals surface area contributed by atoms with Crippen LogP contribution < -0.4 is 0 Å². The van der Waals surface area contributed by atoms with Crippen molar-refractivity contribution in [2.24, 2.45) is 4.99 Å². The molecule has 6 heteroatoms. The van der Waals surface area contributed by atoms with Crippen molar-refractivity contribution in [2.75, 3.05) is 0 Å². The highest BCUT2D eigenvalue weighted by Crippen LogP contribution is 2.16. The first-order chi connectivity index (χ1) is 9.57. The molecule has 0 radical (unpaired) electrons. The highest BCUT2D eigenvalue weighted by molar-refractivity contribution is 5.76. The Morgan fingerprint density at radius 2 is 2.05 bits per heavy atom. The number of hydrogen-bond acceptors (Lipinski definition) is 5. The fraction of sp³-hybridized carbons (Fsp3) is 0.286. The van der Waals surface area contributed by atoms with Crippen molar-refractivity contribution in [2.45, 2.75) is 25.9 Å². The normalized spacial score (nSPS) is 14.2. The summed E-state index contributed by atoms with van der Waals surface area (Å²) >= 11 is 0. The number of aromatic nitrogens is 2. The van der Waals surface area contributed by atoms with Gasteiger partial charge in [0.1, 0.15) is 11.4 Å². The van der Waals surface area contributed by atoms with Gasteiger partial charge in [0.05, 0.1) is 0 Å². The molecule has 2 heterocycles. The Morgan fingerprint density at radius 3 is 2.80 bits per heavy atom.